The van der Waals surface area contributed by atoms with Gasteiger partial charge in [-0.2, -0.15) is 0 Å². The lowest BCUT2D eigenvalue weighted by molar-refractivity contribution is -0.132. The van der Waals surface area contributed by atoms with Crippen LogP contribution < -0.4 is 5.32 Å². The molecule has 1 heterocycles. The van der Waals surface area contributed by atoms with Gasteiger partial charge in [-0.3, -0.25) is 14.4 Å². The van der Waals surface area contributed by atoms with E-state index in [2.05, 4.69) is 5.32 Å². The van der Waals surface area contributed by atoms with Gasteiger partial charge in [-0.05, 0) is 24.0 Å². The van der Waals surface area contributed by atoms with Gasteiger partial charge in [-0.15, -0.1) is 0 Å². The molecule has 1 saturated heterocycles. The number of rotatable bonds is 4. The molecule has 1 aliphatic heterocycles. The van der Waals surface area contributed by atoms with Crippen LogP contribution in [0.3, 0.4) is 0 Å². The smallest absolute Gasteiger partial charge is 0.222 e. The molecular weight excluding hydrogens is 390 g/mol. The zero-order valence-electron chi connectivity index (χ0n) is 18.1. The maximum absolute atomic E-state index is 12.8. The molecule has 6 nitrogen and oxygen atoms in total. The van der Waals surface area contributed by atoms with E-state index in [1.807, 2.05) is 65.6 Å². The highest BCUT2D eigenvalue weighted by molar-refractivity contribution is 5.79. The first-order valence-electron chi connectivity index (χ1n) is 10.9. The Balaban J connectivity index is 1.68. The van der Waals surface area contributed by atoms with Crippen LogP contribution >= 0.6 is 0 Å². The molecule has 0 radical (unpaired) electrons. The van der Waals surface area contributed by atoms with Crippen LogP contribution in [0.4, 0.5) is 0 Å². The highest BCUT2D eigenvalue weighted by atomic mass is 16.2. The summed E-state index contributed by atoms with van der Waals surface area (Å²) in [7, 11) is 0. The number of aryl methyl sites for hydroxylation is 1. The molecule has 1 N–H and O–H groups in total. The second kappa shape index (κ2) is 11.3. The number of amides is 3. The maximum Gasteiger partial charge on any atom is 0.222 e. The van der Waals surface area contributed by atoms with Gasteiger partial charge < -0.3 is 15.1 Å². The van der Waals surface area contributed by atoms with Crippen LogP contribution in [-0.4, -0.2) is 53.7 Å². The van der Waals surface area contributed by atoms with Crippen molar-refractivity contribution in [2.24, 2.45) is 0 Å². The molecule has 0 spiro atoms. The summed E-state index contributed by atoms with van der Waals surface area (Å²) in [6.07, 6.45) is 2.01. The summed E-state index contributed by atoms with van der Waals surface area (Å²) in [6.45, 7) is 3.50. The number of carbonyl (C=O) groups is 3. The van der Waals surface area contributed by atoms with E-state index in [0.717, 1.165) is 11.1 Å². The van der Waals surface area contributed by atoms with E-state index in [1.165, 1.54) is 6.92 Å². The van der Waals surface area contributed by atoms with Gasteiger partial charge >= 0.3 is 0 Å². The molecule has 0 saturated carbocycles. The van der Waals surface area contributed by atoms with Crippen molar-refractivity contribution in [1.82, 2.24) is 15.1 Å². The Kier molecular flexibility index (Phi) is 8.21. The summed E-state index contributed by atoms with van der Waals surface area (Å²) < 4.78 is 0. The highest BCUT2D eigenvalue weighted by Crippen LogP contribution is 2.25. The zero-order chi connectivity index (χ0) is 22.1. The SMILES string of the molecule is CC(=O)N1CCCN(C(=O)CCc2ccccc2)CCNC(=O)CC1c1ccccc1. The molecule has 3 amide bonds. The summed E-state index contributed by atoms with van der Waals surface area (Å²) >= 11 is 0. The third-order valence-corrected chi connectivity index (χ3v) is 5.70. The molecule has 2 aromatic carbocycles. The predicted molar refractivity (Wildman–Crippen MR) is 120 cm³/mol. The normalized spacial score (nSPS) is 18.1. The number of benzene rings is 2. The Morgan fingerprint density at radius 1 is 0.968 bits per heavy atom. The van der Waals surface area contributed by atoms with Gasteiger partial charge in [0, 0.05) is 39.5 Å². The Bertz CT molecular complexity index is 870. The second-order valence-corrected chi connectivity index (χ2v) is 7.91. The van der Waals surface area contributed by atoms with Gasteiger partial charge in [0.25, 0.3) is 0 Å². The van der Waals surface area contributed by atoms with Crippen LogP contribution in [0.25, 0.3) is 0 Å². The average molecular weight is 422 g/mol. The summed E-state index contributed by atoms with van der Waals surface area (Å²) in [5.74, 6) is -0.104. The van der Waals surface area contributed by atoms with Gasteiger partial charge in [0.2, 0.25) is 17.7 Å². The number of hydrogen-bond donors (Lipinski definition) is 1. The first kappa shape index (κ1) is 22.5. The van der Waals surface area contributed by atoms with Crippen LogP contribution in [0, 0.1) is 0 Å². The molecule has 164 valence electrons. The zero-order valence-corrected chi connectivity index (χ0v) is 18.1. The molecule has 0 bridgehead atoms. The Labute approximate surface area is 184 Å². The standard InChI is InChI=1S/C25H31N3O3/c1-20(29)28-17-8-16-27(25(31)14-13-21-9-4-2-5-10-21)18-15-26-24(30)19-23(28)22-11-6-3-7-12-22/h2-7,9-12,23H,8,13-19H2,1H3,(H,26,30). The first-order chi connectivity index (χ1) is 15.0. The molecule has 1 unspecified atom stereocenters. The molecule has 1 atom stereocenters. The van der Waals surface area contributed by atoms with Gasteiger partial charge in [0.05, 0.1) is 12.5 Å². The van der Waals surface area contributed by atoms with Gasteiger partial charge in [0.15, 0.2) is 0 Å². The third-order valence-electron chi connectivity index (χ3n) is 5.70. The van der Waals surface area contributed by atoms with Gasteiger partial charge in [-0.1, -0.05) is 60.7 Å². The lowest BCUT2D eigenvalue weighted by atomic mass is 10.0. The van der Waals surface area contributed by atoms with Crippen molar-refractivity contribution in [2.45, 2.75) is 38.6 Å². The first-order valence-corrected chi connectivity index (χ1v) is 10.9. The number of carbonyl (C=O) groups excluding carboxylic acids is 3. The summed E-state index contributed by atoms with van der Waals surface area (Å²) in [5.41, 5.74) is 2.08. The maximum atomic E-state index is 12.8. The van der Waals surface area contributed by atoms with Crippen molar-refractivity contribution in [2.75, 3.05) is 26.2 Å². The fraction of sp³-hybridized carbons (Fsp3) is 0.400. The van der Waals surface area contributed by atoms with Crippen LogP contribution in [0.2, 0.25) is 0 Å². The Morgan fingerprint density at radius 3 is 2.32 bits per heavy atom. The van der Waals surface area contributed by atoms with E-state index in [0.29, 0.717) is 45.4 Å². The average Bonchev–Trinajstić information content (AvgIpc) is 2.82. The van der Waals surface area contributed by atoms with Crippen molar-refractivity contribution < 1.29 is 14.4 Å². The molecule has 2 aromatic rings. The monoisotopic (exact) mass is 421 g/mol. The number of nitrogens with one attached hydrogen (secondary N) is 1. The summed E-state index contributed by atoms with van der Waals surface area (Å²) in [6, 6.07) is 19.3. The van der Waals surface area contributed by atoms with Crippen molar-refractivity contribution >= 4 is 17.7 Å². The van der Waals surface area contributed by atoms with Gasteiger partial charge in [0.1, 0.15) is 0 Å². The van der Waals surface area contributed by atoms with Crippen LogP contribution in [0.5, 0.6) is 0 Å². The third kappa shape index (κ3) is 6.67. The van der Waals surface area contributed by atoms with E-state index in [1.54, 1.807) is 4.90 Å². The predicted octanol–water partition coefficient (Wildman–Crippen LogP) is 2.95. The van der Waals surface area contributed by atoms with E-state index < -0.39 is 0 Å². The van der Waals surface area contributed by atoms with Crippen LogP contribution in [0.15, 0.2) is 60.7 Å². The van der Waals surface area contributed by atoms with E-state index >= 15 is 0 Å². The molecular formula is C25H31N3O3. The Morgan fingerprint density at radius 2 is 1.65 bits per heavy atom. The van der Waals surface area contributed by atoms with Gasteiger partial charge in [-0.25, -0.2) is 0 Å². The molecule has 1 aliphatic rings. The Hall–Kier alpha value is -3.15. The van der Waals surface area contributed by atoms with E-state index in [4.69, 9.17) is 0 Å². The highest BCUT2D eigenvalue weighted by Gasteiger charge is 2.26. The van der Waals surface area contributed by atoms with Crippen molar-refractivity contribution in [3.8, 4) is 0 Å². The summed E-state index contributed by atoms with van der Waals surface area (Å²) in [4.78, 5) is 41.4. The molecule has 0 aromatic heterocycles. The fourth-order valence-corrected chi connectivity index (χ4v) is 4.04. The lowest BCUT2D eigenvalue weighted by Crippen LogP contribution is -2.39. The van der Waals surface area contributed by atoms with Crippen molar-refractivity contribution in [1.29, 1.82) is 0 Å². The topological polar surface area (TPSA) is 69.7 Å². The van der Waals surface area contributed by atoms with E-state index in [-0.39, 0.29) is 30.2 Å². The summed E-state index contributed by atoms with van der Waals surface area (Å²) in [5, 5.41) is 2.93. The minimum Gasteiger partial charge on any atom is -0.354 e. The molecule has 1 fully saturated rings. The van der Waals surface area contributed by atoms with E-state index in [9.17, 15) is 14.4 Å². The van der Waals surface area contributed by atoms with Crippen LogP contribution in [-0.2, 0) is 20.8 Å². The quantitative estimate of drug-likeness (QED) is 0.825. The largest absolute Gasteiger partial charge is 0.354 e. The van der Waals surface area contributed by atoms with Crippen molar-refractivity contribution in [3.05, 3.63) is 71.8 Å². The minimum absolute atomic E-state index is 0.0668. The van der Waals surface area contributed by atoms with Crippen LogP contribution in [0.1, 0.15) is 43.4 Å². The lowest BCUT2D eigenvalue weighted by Gasteiger charge is -2.31. The number of hydrogen-bond acceptors (Lipinski definition) is 3. The van der Waals surface area contributed by atoms with Crippen molar-refractivity contribution in [3.63, 3.8) is 0 Å². The fourth-order valence-electron chi connectivity index (χ4n) is 4.04. The molecule has 6 heteroatoms. The molecule has 3 rings (SSSR count). The minimum atomic E-state index is -0.306. The molecule has 31 heavy (non-hydrogen) atoms. The second-order valence-electron chi connectivity index (χ2n) is 7.91. The number of nitrogens with zero attached hydrogens (tertiary/aromatic N) is 2. The molecule has 0 aliphatic carbocycles.